The number of benzene rings is 1. The van der Waals surface area contributed by atoms with Gasteiger partial charge >= 0.3 is 5.97 Å². The summed E-state index contributed by atoms with van der Waals surface area (Å²) in [6.07, 6.45) is 1.35. The number of rotatable bonds is 3. The summed E-state index contributed by atoms with van der Waals surface area (Å²) in [4.78, 5) is 25.9. The molecule has 8 heteroatoms. The third-order valence-corrected chi connectivity index (χ3v) is 3.75. The molecule has 1 aromatic carbocycles. The molecule has 1 N–H and O–H groups in total. The molecule has 1 aromatic heterocycles. The first-order chi connectivity index (χ1) is 11.1. The second kappa shape index (κ2) is 6.07. The van der Waals surface area contributed by atoms with Crippen LogP contribution in [0.25, 0.3) is 0 Å². The number of carboxylic acids is 1. The lowest BCUT2D eigenvalue weighted by atomic mass is 10.0. The Labute approximate surface area is 132 Å². The minimum Gasteiger partial charge on any atom is -0.491 e. The summed E-state index contributed by atoms with van der Waals surface area (Å²) in [5.41, 5.74) is 0.722. The Hall–Kier alpha value is -2.90. The normalized spacial score (nSPS) is 17.1. The molecule has 0 fully saturated rings. The molecule has 3 rings (SSSR count). The first-order valence-electron chi connectivity index (χ1n) is 7.27. The van der Waals surface area contributed by atoms with Gasteiger partial charge in [0.1, 0.15) is 18.1 Å². The number of amides is 1. The summed E-state index contributed by atoms with van der Waals surface area (Å²) in [6, 6.07) is 5.75. The maximum Gasteiger partial charge on any atom is 0.331 e. The van der Waals surface area contributed by atoms with Crippen LogP contribution in [0.4, 0.5) is 0 Å². The van der Waals surface area contributed by atoms with Crippen LogP contribution in [0.3, 0.4) is 0 Å². The zero-order chi connectivity index (χ0) is 16.4. The van der Waals surface area contributed by atoms with Gasteiger partial charge in [0.05, 0.1) is 12.7 Å². The summed E-state index contributed by atoms with van der Waals surface area (Å²) >= 11 is 0. The van der Waals surface area contributed by atoms with E-state index >= 15 is 0 Å². The van der Waals surface area contributed by atoms with Crippen LogP contribution in [0.2, 0.25) is 0 Å². The van der Waals surface area contributed by atoms with Gasteiger partial charge in [-0.05, 0) is 13.0 Å². The number of fused-ring (bicyclic) bond motifs is 1. The molecule has 2 aromatic rings. The molecule has 120 valence electrons. The third-order valence-electron chi connectivity index (χ3n) is 3.75. The number of hydrogen-bond acceptors (Lipinski definition) is 5. The maximum absolute atomic E-state index is 12.8. The molecule has 0 spiro atoms. The monoisotopic (exact) mass is 316 g/mol. The predicted octanol–water partition coefficient (Wildman–Crippen LogP) is 0.959. The summed E-state index contributed by atoms with van der Waals surface area (Å²) in [5.74, 6) is -1.05. The number of ether oxygens (including phenoxy) is 1. The quantitative estimate of drug-likeness (QED) is 0.905. The van der Waals surface area contributed by atoms with E-state index in [1.165, 1.54) is 15.8 Å². The van der Waals surface area contributed by atoms with Crippen molar-refractivity contribution >= 4 is 11.9 Å². The molecular formula is C15H16N4O4. The van der Waals surface area contributed by atoms with Gasteiger partial charge in [0.15, 0.2) is 6.04 Å². The van der Waals surface area contributed by atoms with Gasteiger partial charge in [-0.25, -0.2) is 9.48 Å². The fourth-order valence-corrected chi connectivity index (χ4v) is 2.68. The minimum absolute atomic E-state index is 0.166. The van der Waals surface area contributed by atoms with Crippen molar-refractivity contribution in [2.75, 3.05) is 13.2 Å². The van der Waals surface area contributed by atoms with Crippen molar-refractivity contribution in [1.82, 2.24) is 19.9 Å². The van der Waals surface area contributed by atoms with E-state index in [9.17, 15) is 14.7 Å². The van der Waals surface area contributed by atoms with Crippen LogP contribution in [-0.2, 0) is 11.3 Å². The number of nitrogens with zero attached hydrogens (tertiary/aromatic N) is 4. The Morgan fingerprint density at radius 3 is 2.91 bits per heavy atom. The van der Waals surface area contributed by atoms with E-state index in [0.717, 1.165) is 0 Å². The van der Waals surface area contributed by atoms with Crippen LogP contribution in [-0.4, -0.2) is 50.0 Å². The Bertz CT molecular complexity index is 743. The SMILES string of the molecule is CCn1nncc1C(=O)N1CCOc2ccccc2C1C(=O)O. The van der Waals surface area contributed by atoms with Gasteiger partial charge in [-0.3, -0.25) is 4.79 Å². The highest BCUT2D eigenvalue weighted by molar-refractivity contribution is 5.95. The number of carboxylic acid groups (broad SMARTS) is 1. The molecule has 0 aliphatic carbocycles. The Morgan fingerprint density at radius 2 is 2.17 bits per heavy atom. The molecule has 1 atom stereocenters. The van der Waals surface area contributed by atoms with Crippen molar-refractivity contribution in [3.05, 3.63) is 41.7 Å². The smallest absolute Gasteiger partial charge is 0.331 e. The van der Waals surface area contributed by atoms with Crippen molar-refractivity contribution in [3.63, 3.8) is 0 Å². The average molecular weight is 316 g/mol. The van der Waals surface area contributed by atoms with E-state index in [2.05, 4.69) is 10.3 Å². The van der Waals surface area contributed by atoms with Crippen molar-refractivity contribution in [3.8, 4) is 5.75 Å². The van der Waals surface area contributed by atoms with Crippen molar-refractivity contribution < 1.29 is 19.4 Å². The van der Waals surface area contributed by atoms with Crippen molar-refractivity contribution in [1.29, 1.82) is 0 Å². The van der Waals surface area contributed by atoms with Gasteiger partial charge < -0.3 is 14.7 Å². The number of carbonyl (C=O) groups excluding carboxylic acids is 1. The highest BCUT2D eigenvalue weighted by Crippen LogP contribution is 2.32. The lowest BCUT2D eigenvalue weighted by Crippen LogP contribution is -2.40. The average Bonchev–Trinajstić information content (AvgIpc) is 2.93. The van der Waals surface area contributed by atoms with Crippen LogP contribution in [0.15, 0.2) is 30.5 Å². The Balaban J connectivity index is 2.04. The molecule has 1 amide bonds. The molecule has 1 aliphatic rings. The van der Waals surface area contributed by atoms with Gasteiger partial charge in [0, 0.05) is 12.1 Å². The first-order valence-corrected chi connectivity index (χ1v) is 7.27. The summed E-state index contributed by atoms with van der Waals surface area (Å²) in [6.45, 7) is 2.69. The summed E-state index contributed by atoms with van der Waals surface area (Å²) < 4.78 is 7.03. The van der Waals surface area contributed by atoms with Crippen LogP contribution in [0.1, 0.15) is 29.0 Å². The van der Waals surface area contributed by atoms with Crippen LogP contribution < -0.4 is 4.74 Å². The number of aliphatic carboxylic acids is 1. The van der Waals surface area contributed by atoms with Crippen LogP contribution in [0, 0.1) is 0 Å². The number of hydrogen-bond donors (Lipinski definition) is 1. The summed E-state index contributed by atoms with van der Waals surface area (Å²) in [5, 5.41) is 17.2. The maximum atomic E-state index is 12.8. The first kappa shape index (κ1) is 15.0. The van der Waals surface area contributed by atoms with Gasteiger partial charge in [-0.1, -0.05) is 23.4 Å². The second-order valence-corrected chi connectivity index (χ2v) is 5.06. The molecule has 0 saturated heterocycles. The number of aromatic nitrogens is 3. The van der Waals surface area contributed by atoms with E-state index in [0.29, 0.717) is 17.9 Å². The third kappa shape index (κ3) is 2.63. The Kier molecular flexibility index (Phi) is 3.96. The molecule has 0 radical (unpaired) electrons. The van der Waals surface area contributed by atoms with E-state index < -0.39 is 17.9 Å². The fourth-order valence-electron chi connectivity index (χ4n) is 2.68. The molecular weight excluding hydrogens is 300 g/mol. The zero-order valence-electron chi connectivity index (χ0n) is 12.5. The van der Waals surface area contributed by atoms with E-state index in [4.69, 9.17) is 4.74 Å². The predicted molar refractivity (Wildman–Crippen MR) is 79.0 cm³/mol. The van der Waals surface area contributed by atoms with Crippen molar-refractivity contribution in [2.45, 2.75) is 19.5 Å². The van der Waals surface area contributed by atoms with Gasteiger partial charge in [-0.2, -0.15) is 0 Å². The van der Waals surface area contributed by atoms with Gasteiger partial charge in [-0.15, -0.1) is 5.10 Å². The molecule has 1 unspecified atom stereocenters. The van der Waals surface area contributed by atoms with Gasteiger partial charge in [0.2, 0.25) is 0 Å². The zero-order valence-corrected chi connectivity index (χ0v) is 12.5. The minimum atomic E-state index is -1.11. The topological polar surface area (TPSA) is 97.5 Å². The lowest BCUT2D eigenvalue weighted by molar-refractivity contribution is -0.142. The molecule has 1 aliphatic heterocycles. The molecule has 0 saturated carbocycles. The van der Waals surface area contributed by atoms with E-state index in [1.54, 1.807) is 24.3 Å². The summed E-state index contributed by atoms with van der Waals surface area (Å²) in [7, 11) is 0. The van der Waals surface area contributed by atoms with Crippen LogP contribution in [0.5, 0.6) is 5.75 Å². The highest BCUT2D eigenvalue weighted by atomic mass is 16.5. The highest BCUT2D eigenvalue weighted by Gasteiger charge is 2.36. The van der Waals surface area contributed by atoms with Crippen LogP contribution >= 0.6 is 0 Å². The lowest BCUT2D eigenvalue weighted by Gasteiger charge is -2.26. The number of aryl methyl sites for hydroxylation is 1. The largest absolute Gasteiger partial charge is 0.491 e. The standard InChI is InChI=1S/C15H16N4O4/c1-2-19-11(9-16-17-19)14(20)18-7-8-23-12-6-4-3-5-10(12)13(18)15(21)22/h3-6,9,13H,2,7-8H2,1H3,(H,21,22). The molecule has 23 heavy (non-hydrogen) atoms. The van der Waals surface area contributed by atoms with Crippen molar-refractivity contribution in [2.24, 2.45) is 0 Å². The molecule has 2 heterocycles. The number of carbonyl (C=O) groups is 2. The fraction of sp³-hybridized carbons (Fsp3) is 0.333. The molecule has 8 nitrogen and oxygen atoms in total. The Morgan fingerprint density at radius 1 is 1.39 bits per heavy atom. The van der Waals surface area contributed by atoms with E-state index in [-0.39, 0.29) is 18.8 Å². The number of para-hydroxylation sites is 1. The van der Waals surface area contributed by atoms with E-state index in [1.807, 2.05) is 6.92 Å². The molecule has 0 bridgehead atoms. The van der Waals surface area contributed by atoms with Gasteiger partial charge in [0.25, 0.3) is 5.91 Å². The second-order valence-electron chi connectivity index (χ2n) is 5.06.